The highest BCUT2D eigenvalue weighted by Gasteiger charge is 2.26. The van der Waals surface area contributed by atoms with Gasteiger partial charge in [0, 0.05) is 22.3 Å². The largest absolute Gasteiger partial charge is 0.464 e. The lowest BCUT2D eigenvalue weighted by Crippen LogP contribution is -2.13. The number of rotatable bonds is 4. The Balaban J connectivity index is 1.66. The van der Waals surface area contributed by atoms with Crippen molar-refractivity contribution in [3.63, 3.8) is 0 Å². The van der Waals surface area contributed by atoms with Crippen LogP contribution in [0.1, 0.15) is 52.7 Å². The predicted molar refractivity (Wildman–Crippen MR) is 127 cm³/mol. The number of carbonyl (C=O) groups is 1. The first kappa shape index (κ1) is 19.8. The van der Waals surface area contributed by atoms with Crippen LogP contribution in [0, 0.1) is 0 Å². The zero-order valence-electron chi connectivity index (χ0n) is 17.5. The van der Waals surface area contributed by atoms with Gasteiger partial charge in [-0.2, -0.15) is 0 Å². The smallest absolute Gasteiger partial charge is 0.267 e. The lowest BCUT2D eigenvalue weighted by atomic mass is 9.96. The number of furan rings is 1. The first-order valence-corrected chi connectivity index (χ1v) is 11.7. The second kappa shape index (κ2) is 8.19. The van der Waals surface area contributed by atoms with Gasteiger partial charge in [0.1, 0.15) is 15.5 Å². The highest BCUT2D eigenvalue weighted by Crippen LogP contribution is 2.43. The van der Waals surface area contributed by atoms with Crippen LogP contribution in [0.25, 0.3) is 21.5 Å². The van der Waals surface area contributed by atoms with E-state index in [1.54, 1.807) is 6.26 Å². The number of nitrogen functional groups attached to an aromatic ring is 1. The van der Waals surface area contributed by atoms with Crippen LogP contribution in [-0.2, 0) is 19.3 Å². The molecule has 1 aliphatic rings. The number of fused-ring (bicyclic) bond motifs is 2. The van der Waals surface area contributed by atoms with Gasteiger partial charge in [-0.1, -0.05) is 31.5 Å². The molecule has 1 aliphatic carbocycles. The van der Waals surface area contributed by atoms with Crippen LogP contribution in [0.15, 0.2) is 47.1 Å². The van der Waals surface area contributed by atoms with Gasteiger partial charge in [-0.05, 0) is 61.4 Å². The number of para-hydroxylation sites is 1. The van der Waals surface area contributed by atoms with Gasteiger partial charge in [-0.3, -0.25) is 4.79 Å². The molecule has 6 heteroatoms. The fourth-order valence-electron chi connectivity index (χ4n) is 4.48. The number of anilines is 2. The van der Waals surface area contributed by atoms with E-state index in [1.165, 1.54) is 23.3 Å². The minimum atomic E-state index is -0.193. The van der Waals surface area contributed by atoms with Crippen molar-refractivity contribution in [1.82, 2.24) is 4.98 Å². The van der Waals surface area contributed by atoms with Crippen LogP contribution >= 0.6 is 11.3 Å². The van der Waals surface area contributed by atoms with Gasteiger partial charge < -0.3 is 15.5 Å². The maximum Gasteiger partial charge on any atom is 0.267 e. The lowest BCUT2D eigenvalue weighted by molar-refractivity contribution is 0.103. The number of hydrogen-bond donors (Lipinski definition) is 2. The molecule has 0 fully saturated rings. The van der Waals surface area contributed by atoms with E-state index in [0.717, 1.165) is 70.6 Å². The van der Waals surface area contributed by atoms with Crippen LogP contribution < -0.4 is 11.1 Å². The van der Waals surface area contributed by atoms with Crippen molar-refractivity contribution >= 4 is 38.8 Å². The van der Waals surface area contributed by atoms with E-state index >= 15 is 0 Å². The molecule has 0 aliphatic heterocycles. The topological polar surface area (TPSA) is 81.2 Å². The fraction of sp³-hybridized carbons (Fsp3) is 0.280. The monoisotopic (exact) mass is 431 g/mol. The lowest BCUT2D eigenvalue weighted by Gasteiger charge is -2.12. The Bertz CT molecular complexity index is 1260. The molecule has 0 radical (unpaired) electrons. The van der Waals surface area contributed by atoms with Gasteiger partial charge in [0.05, 0.1) is 12.0 Å². The molecule has 0 saturated carbocycles. The normalized spacial score (nSPS) is 13.7. The van der Waals surface area contributed by atoms with Crippen LogP contribution in [0.4, 0.5) is 11.4 Å². The minimum absolute atomic E-state index is 0.193. The first-order chi connectivity index (χ1) is 15.2. The number of nitrogens with one attached hydrogen (secondary N) is 1. The summed E-state index contributed by atoms with van der Waals surface area (Å²) in [7, 11) is 0. The number of amides is 1. The SMILES string of the molecule is CCc1ccccc1NC(=O)c1sc2nc3c(c(-c4ccco4)c2c1N)CCCCC3. The van der Waals surface area contributed by atoms with Gasteiger partial charge >= 0.3 is 0 Å². The van der Waals surface area contributed by atoms with E-state index < -0.39 is 0 Å². The minimum Gasteiger partial charge on any atom is -0.464 e. The summed E-state index contributed by atoms with van der Waals surface area (Å²) >= 11 is 1.37. The number of nitrogens with zero attached hydrogens (tertiary/aromatic N) is 1. The summed E-state index contributed by atoms with van der Waals surface area (Å²) in [4.78, 5) is 19.5. The summed E-state index contributed by atoms with van der Waals surface area (Å²) < 4.78 is 5.81. The Labute approximate surface area is 185 Å². The zero-order valence-corrected chi connectivity index (χ0v) is 18.3. The number of aromatic nitrogens is 1. The molecule has 0 atom stereocenters. The molecule has 31 heavy (non-hydrogen) atoms. The van der Waals surface area contributed by atoms with Crippen LogP contribution in [-0.4, -0.2) is 10.9 Å². The standard InChI is InChI=1S/C25H25N3O2S/c1-2-15-9-6-7-11-17(15)27-24(29)23-22(26)21-20(19-13-8-14-30-19)16-10-4-3-5-12-18(16)28-25(21)31-23/h6-9,11,13-14H,2-5,10,12,26H2,1H3,(H,27,29). The Morgan fingerprint density at radius 3 is 2.81 bits per heavy atom. The first-order valence-electron chi connectivity index (χ1n) is 10.8. The van der Waals surface area contributed by atoms with Gasteiger partial charge in [0.25, 0.3) is 5.91 Å². The van der Waals surface area contributed by atoms with E-state index in [-0.39, 0.29) is 5.91 Å². The maximum absolute atomic E-state index is 13.2. The third kappa shape index (κ3) is 3.51. The molecule has 4 aromatic rings. The molecule has 1 aromatic carbocycles. The molecule has 0 saturated heterocycles. The number of nitrogens with two attached hydrogens (primary N) is 1. The number of thiophene rings is 1. The molecule has 0 spiro atoms. The molecule has 5 rings (SSSR count). The molecule has 1 amide bonds. The van der Waals surface area contributed by atoms with Crippen LogP contribution in [0.5, 0.6) is 0 Å². The summed E-state index contributed by atoms with van der Waals surface area (Å²) in [5.41, 5.74) is 12.3. The van der Waals surface area contributed by atoms with Gasteiger partial charge in [0.2, 0.25) is 0 Å². The summed E-state index contributed by atoms with van der Waals surface area (Å²) in [6, 6.07) is 11.7. The molecule has 3 N–H and O–H groups in total. The molecule has 0 bridgehead atoms. The third-order valence-electron chi connectivity index (χ3n) is 6.02. The molecule has 0 unspecified atom stereocenters. The number of benzene rings is 1. The van der Waals surface area contributed by atoms with Crippen molar-refractivity contribution in [2.24, 2.45) is 0 Å². The Morgan fingerprint density at radius 1 is 1.16 bits per heavy atom. The zero-order chi connectivity index (χ0) is 21.4. The number of hydrogen-bond acceptors (Lipinski definition) is 5. The summed E-state index contributed by atoms with van der Waals surface area (Å²) in [5, 5.41) is 3.90. The Kier molecular flexibility index (Phi) is 5.24. The van der Waals surface area contributed by atoms with E-state index in [1.807, 2.05) is 36.4 Å². The molecule has 5 nitrogen and oxygen atoms in total. The predicted octanol–water partition coefficient (Wildman–Crippen LogP) is 6.22. The molecule has 3 aromatic heterocycles. The average Bonchev–Trinajstić information content (AvgIpc) is 3.35. The van der Waals surface area contributed by atoms with Gasteiger partial charge in [-0.15, -0.1) is 11.3 Å². The maximum atomic E-state index is 13.2. The van der Waals surface area contributed by atoms with E-state index in [4.69, 9.17) is 15.1 Å². The highest BCUT2D eigenvalue weighted by atomic mass is 32.1. The van der Waals surface area contributed by atoms with E-state index in [0.29, 0.717) is 10.6 Å². The average molecular weight is 432 g/mol. The second-order valence-electron chi connectivity index (χ2n) is 7.94. The van der Waals surface area contributed by atoms with Crippen molar-refractivity contribution < 1.29 is 9.21 Å². The quantitative estimate of drug-likeness (QED) is 0.376. The Hall–Kier alpha value is -3.12. The Morgan fingerprint density at radius 2 is 2.00 bits per heavy atom. The molecule has 3 heterocycles. The number of carbonyl (C=O) groups excluding carboxylic acids is 1. The molecular weight excluding hydrogens is 406 g/mol. The van der Waals surface area contributed by atoms with Crippen molar-refractivity contribution in [2.45, 2.75) is 45.4 Å². The molecule has 158 valence electrons. The van der Waals surface area contributed by atoms with Crippen molar-refractivity contribution in [2.75, 3.05) is 11.1 Å². The van der Waals surface area contributed by atoms with Gasteiger partial charge in [0.15, 0.2) is 0 Å². The van der Waals surface area contributed by atoms with Crippen molar-refractivity contribution in [3.05, 3.63) is 64.4 Å². The van der Waals surface area contributed by atoms with Crippen molar-refractivity contribution in [3.8, 4) is 11.3 Å². The summed E-state index contributed by atoms with van der Waals surface area (Å²) in [5.74, 6) is 0.598. The fourth-order valence-corrected chi connectivity index (χ4v) is 5.49. The second-order valence-corrected chi connectivity index (χ2v) is 8.94. The van der Waals surface area contributed by atoms with Crippen molar-refractivity contribution in [1.29, 1.82) is 0 Å². The summed E-state index contributed by atoms with van der Waals surface area (Å²) in [6.45, 7) is 2.07. The van der Waals surface area contributed by atoms with Crippen LogP contribution in [0.3, 0.4) is 0 Å². The molecular formula is C25H25N3O2S. The van der Waals surface area contributed by atoms with Crippen LogP contribution in [0.2, 0.25) is 0 Å². The number of aryl methyl sites for hydroxylation is 2. The van der Waals surface area contributed by atoms with E-state index in [2.05, 4.69) is 12.2 Å². The highest BCUT2D eigenvalue weighted by molar-refractivity contribution is 7.21. The summed E-state index contributed by atoms with van der Waals surface area (Å²) in [6.07, 6.45) is 7.88. The number of pyridine rings is 1. The van der Waals surface area contributed by atoms with E-state index in [9.17, 15) is 4.79 Å². The van der Waals surface area contributed by atoms with Gasteiger partial charge in [-0.25, -0.2) is 4.98 Å². The third-order valence-corrected chi connectivity index (χ3v) is 7.12.